The van der Waals surface area contributed by atoms with Gasteiger partial charge in [0.1, 0.15) is 0 Å². The van der Waals surface area contributed by atoms with Crippen molar-refractivity contribution in [2.75, 3.05) is 6.61 Å². The Balaban J connectivity index is 1.99. The Morgan fingerprint density at radius 3 is 1.93 bits per heavy atom. The molecule has 1 atom stereocenters. The van der Waals surface area contributed by atoms with Crippen molar-refractivity contribution in [1.29, 1.82) is 0 Å². The summed E-state index contributed by atoms with van der Waals surface area (Å²) in [6.45, 7) is 6.78. The molecule has 0 aliphatic carbocycles. The van der Waals surface area contributed by atoms with Gasteiger partial charge < -0.3 is 9.84 Å². The Kier molecular flexibility index (Phi) is 14.2. The molecule has 0 fully saturated rings. The van der Waals surface area contributed by atoms with Crippen molar-refractivity contribution in [2.45, 2.75) is 103 Å². The van der Waals surface area contributed by atoms with Crippen LogP contribution in [0.15, 0.2) is 18.2 Å². The molecule has 1 rings (SSSR count). The monoisotopic (exact) mass is 408 g/mol. The summed E-state index contributed by atoms with van der Waals surface area (Å²) in [5.41, 5.74) is 2.42. The summed E-state index contributed by atoms with van der Waals surface area (Å²) in [6.07, 6.45) is 13.9. The Labute approximate surface area is 176 Å². The molecule has 1 aromatic carbocycles. The molecule has 28 heavy (non-hydrogen) atoms. The molecule has 1 N–H and O–H groups in total. The van der Waals surface area contributed by atoms with E-state index in [9.17, 15) is 9.90 Å². The van der Waals surface area contributed by atoms with E-state index >= 15 is 0 Å². The summed E-state index contributed by atoms with van der Waals surface area (Å²) in [5.74, 6) is 0.0958. The Bertz CT molecular complexity index is 524. The van der Waals surface area contributed by atoms with E-state index in [0.717, 1.165) is 18.4 Å². The number of aryl methyl sites for hydroxylation is 2. The number of hydrogen-bond donors (Lipinski definition) is 1. The second kappa shape index (κ2) is 15.9. The van der Waals surface area contributed by atoms with Gasteiger partial charge in [-0.2, -0.15) is 0 Å². The minimum absolute atomic E-state index is 0.414. The van der Waals surface area contributed by atoms with Crippen molar-refractivity contribution in [3.8, 4) is 0 Å². The first kappa shape index (κ1) is 25.0. The molecule has 1 unspecified atom stereocenters. The number of carbonyl (C=O) groups is 1. The number of benzene rings is 1. The largest absolute Gasteiger partial charge is 0.463 e. The molecule has 0 saturated carbocycles. The normalized spacial score (nSPS) is 12.1. The van der Waals surface area contributed by atoms with E-state index < -0.39 is 11.4 Å². The fourth-order valence-electron chi connectivity index (χ4n) is 3.41. The smallest absolute Gasteiger partial charge is 0.345 e. The maximum absolute atomic E-state index is 11.9. The predicted octanol–water partition coefficient (Wildman–Crippen LogP) is 6.71. The number of esters is 1. The molecule has 3 nitrogen and oxygen atoms in total. The van der Waals surface area contributed by atoms with Gasteiger partial charge in [0.05, 0.1) is 6.61 Å². The second-order valence-corrected chi connectivity index (χ2v) is 8.93. The number of rotatable bonds is 16. The summed E-state index contributed by atoms with van der Waals surface area (Å²) in [6, 6.07) is 6.29. The first-order chi connectivity index (χ1) is 13.5. The highest BCUT2D eigenvalue weighted by molar-refractivity contribution is 7.99. The number of unbranched alkanes of at least 4 members (excludes halogenated alkanes) is 10. The van der Waals surface area contributed by atoms with Crippen LogP contribution < -0.4 is 0 Å². The van der Waals surface area contributed by atoms with Crippen LogP contribution in [0.4, 0.5) is 0 Å². The van der Waals surface area contributed by atoms with Crippen molar-refractivity contribution < 1.29 is 14.6 Å². The van der Waals surface area contributed by atoms with Gasteiger partial charge in [-0.3, -0.25) is 0 Å². The number of hydrogen-bond acceptors (Lipinski definition) is 4. The lowest BCUT2D eigenvalue weighted by Gasteiger charge is -2.11. The highest BCUT2D eigenvalue weighted by Crippen LogP contribution is 2.19. The fraction of sp³-hybridized carbons (Fsp3) is 0.708. The molecular formula is C24H40O3S. The topological polar surface area (TPSA) is 46.5 Å². The highest BCUT2D eigenvalue weighted by Gasteiger charge is 2.17. The molecule has 0 radical (unpaired) electrons. The lowest BCUT2D eigenvalue weighted by atomic mass is 10.1. The molecule has 0 amide bonds. The fourth-order valence-corrected chi connectivity index (χ4v) is 4.13. The standard InChI is InChI=1S/C24H40O3S/c1-4-5-6-7-8-9-10-11-12-13-14-15-27-23(25)24(26)28-19-22-17-20(2)16-21(3)18-22/h16-18,24,26H,4-15,19H2,1-3H3. The Morgan fingerprint density at radius 1 is 0.893 bits per heavy atom. The van der Waals surface area contributed by atoms with Crippen LogP contribution in [0.25, 0.3) is 0 Å². The van der Waals surface area contributed by atoms with Crippen LogP contribution in [0.3, 0.4) is 0 Å². The number of ether oxygens (including phenoxy) is 1. The molecule has 0 saturated heterocycles. The van der Waals surface area contributed by atoms with Crippen LogP contribution in [0.1, 0.15) is 94.2 Å². The SMILES string of the molecule is CCCCCCCCCCCCCOC(=O)C(O)SCc1cc(C)cc(C)c1. The summed E-state index contributed by atoms with van der Waals surface area (Å²) in [4.78, 5) is 11.9. The average molecular weight is 409 g/mol. The van der Waals surface area contributed by atoms with Crippen LogP contribution in [0.5, 0.6) is 0 Å². The molecule has 0 aliphatic heterocycles. The third-order valence-electron chi connectivity index (χ3n) is 4.88. The van der Waals surface area contributed by atoms with Gasteiger partial charge in [0.15, 0.2) is 5.44 Å². The van der Waals surface area contributed by atoms with E-state index in [1.165, 1.54) is 80.7 Å². The first-order valence-corrected chi connectivity index (χ1v) is 12.1. The molecule has 0 spiro atoms. The molecule has 4 heteroatoms. The maximum atomic E-state index is 11.9. The van der Waals surface area contributed by atoms with Crippen molar-refractivity contribution >= 4 is 17.7 Å². The lowest BCUT2D eigenvalue weighted by molar-refractivity contribution is -0.148. The van der Waals surface area contributed by atoms with Crippen molar-refractivity contribution in [1.82, 2.24) is 0 Å². The quantitative estimate of drug-likeness (QED) is 0.188. The van der Waals surface area contributed by atoms with E-state index in [0.29, 0.717) is 12.4 Å². The third-order valence-corrected chi connectivity index (χ3v) is 5.89. The van der Waals surface area contributed by atoms with Crippen molar-refractivity contribution in [3.63, 3.8) is 0 Å². The molecule has 0 bridgehead atoms. The van der Waals surface area contributed by atoms with Gasteiger partial charge in [-0.05, 0) is 25.8 Å². The van der Waals surface area contributed by atoms with Gasteiger partial charge in [-0.25, -0.2) is 4.79 Å². The van der Waals surface area contributed by atoms with Crippen LogP contribution >= 0.6 is 11.8 Å². The number of aliphatic hydroxyl groups excluding tert-OH is 1. The first-order valence-electron chi connectivity index (χ1n) is 11.1. The molecule has 0 heterocycles. The lowest BCUT2D eigenvalue weighted by Crippen LogP contribution is -2.20. The van der Waals surface area contributed by atoms with E-state index in [4.69, 9.17) is 4.74 Å². The van der Waals surface area contributed by atoms with E-state index in [-0.39, 0.29) is 0 Å². The third kappa shape index (κ3) is 12.5. The predicted molar refractivity (Wildman–Crippen MR) is 121 cm³/mol. The zero-order chi connectivity index (χ0) is 20.6. The van der Waals surface area contributed by atoms with Gasteiger partial charge in [0.2, 0.25) is 0 Å². The van der Waals surface area contributed by atoms with Crippen LogP contribution in [-0.2, 0) is 15.3 Å². The zero-order valence-electron chi connectivity index (χ0n) is 18.2. The highest BCUT2D eigenvalue weighted by atomic mass is 32.2. The van der Waals surface area contributed by atoms with Crippen molar-refractivity contribution in [3.05, 3.63) is 34.9 Å². The minimum atomic E-state index is -1.10. The number of aliphatic hydroxyl groups is 1. The van der Waals surface area contributed by atoms with Gasteiger partial charge in [0.25, 0.3) is 0 Å². The maximum Gasteiger partial charge on any atom is 0.345 e. The molecule has 1 aromatic rings. The van der Waals surface area contributed by atoms with Crippen molar-refractivity contribution in [2.24, 2.45) is 0 Å². The van der Waals surface area contributed by atoms with Gasteiger partial charge in [-0.1, -0.05) is 100 Å². The van der Waals surface area contributed by atoms with E-state index in [1.54, 1.807) is 0 Å². The molecule has 0 aliphatic rings. The Hall–Kier alpha value is -1.00. The molecular weight excluding hydrogens is 368 g/mol. The minimum Gasteiger partial charge on any atom is -0.463 e. The number of carbonyl (C=O) groups excluding carboxylic acids is 1. The zero-order valence-corrected chi connectivity index (χ0v) is 19.0. The number of thioether (sulfide) groups is 1. The van der Waals surface area contributed by atoms with Gasteiger partial charge in [-0.15, -0.1) is 11.8 Å². The summed E-state index contributed by atoms with van der Waals surface area (Å²) in [5, 5.41) is 9.98. The summed E-state index contributed by atoms with van der Waals surface area (Å²) < 4.78 is 5.21. The Morgan fingerprint density at radius 2 is 1.39 bits per heavy atom. The molecule has 0 aromatic heterocycles. The van der Waals surface area contributed by atoms with E-state index in [2.05, 4.69) is 39.0 Å². The average Bonchev–Trinajstić information content (AvgIpc) is 2.66. The van der Waals surface area contributed by atoms with E-state index in [1.807, 2.05) is 0 Å². The van der Waals surface area contributed by atoms with Crippen LogP contribution in [0, 0.1) is 13.8 Å². The van der Waals surface area contributed by atoms with Crippen LogP contribution in [0.2, 0.25) is 0 Å². The summed E-state index contributed by atoms with van der Waals surface area (Å²) in [7, 11) is 0. The molecule has 160 valence electrons. The van der Waals surface area contributed by atoms with Gasteiger partial charge in [0, 0.05) is 5.75 Å². The van der Waals surface area contributed by atoms with Gasteiger partial charge >= 0.3 is 5.97 Å². The van der Waals surface area contributed by atoms with Crippen LogP contribution in [-0.4, -0.2) is 23.1 Å². The summed E-state index contributed by atoms with van der Waals surface area (Å²) >= 11 is 1.22. The second-order valence-electron chi connectivity index (χ2n) is 7.86.